The van der Waals surface area contributed by atoms with E-state index in [1.807, 2.05) is 0 Å². The average Bonchev–Trinajstić information content (AvgIpc) is 3.28. The first kappa shape index (κ1) is 21.4. The van der Waals surface area contributed by atoms with Gasteiger partial charge in [0.05, 0.1) is 24.8 Å². The molecule has 162 valence electrons. The molecule has 0 amide bonds. The maximum absolute atomic E-state index is 13.5. The maximum Gasteiger partial charge on any atom is 0.157 e. The quantitative estimate of drug-likeness (QED) is 0.492. The van der Waals surface area contributed by atoms with Crippen LogP contribution in [0, 0.1) is 29.5 Å². The topological polar surface area (TPSA) is 27.7 Å². The molecule has 0 radical (unpaired) electrons. The molecule has 2 aliphatic carbocycles. The molecule has 0 aromatic heterocycles. The van der Waals surface area contributed by atoms with E-state index in [-0.39, 0.29) is 11.3 Å². The number of rotatable bonds is 7. The van der Waals surface area contributed by atoms with Crippen molar-refractivity contribution in [3.8, 4) is 5.75 Å². The number of halogens is 2. The molecule has 3 aliphatic rings. The fourth-order valence-corrected chi connectivity index (χ4v) is 5.62. The van der Waals surface area contributed by atoms with E-state index in [1.165, 1.54) is 63.9 Å². The lowest BCUT2D eigenvalue weighted by atomic mass is 9.69. The zero-order valence-corrected chi connectivity index (χ0v) is 18.0. The highest BCUT2D eigenvalue weighted by molar-refractivity contribution is 6.30. The van der Waals surface area contributed by atoms with E-state index in [1.54, 1.807) is 12.1 Å². The predicted octanol–water partition coefficient (Wildman–Crippen LogP) is 6.62. The molecule has 1 heterocycles. The predicted molar refractivity (Wildman–Crippen MR) is 113 cm³/mol. The maximum atomic E-state index is 13.5. The highest BCUT2D eigenvalue weighted by atomic mass is 35.5. The van der Waals surface area contributed by atoms with Crippen molar-refractivity contribution in [2.45, 2.75) is 70.5 Å². The summed E-state index contributed by atoms with van der Waals surface area (Å²) in [4.78, 5) is 0. The minimum atomic E-state index is -0.410. The van der Waals surface area contributed by atoms with Gasteiger partial charge in [-0.2, -0.15) is 0 Å². The van der Waals surface area contributed by atoms with E-state index in [0.29, 0.717) is 18.3 Å². The Morgan fingerprint density at radius 2 is 1.48 bits per heavy atom. The Balaban J connectivity index is 1.12. The summed E-state index contributed by atoms with van der Waals surface area (Å²) in [5, 5.41) is 0.146. The van der Waals surface area contributed by atoms with Gasteiger partial charge in [0.1, 0.15) is 11.6 Å². The van der Waals surface area contributed by atoms with Crippen LogP contribution in [0.15, 0.2) is 18.2 Å². The molecular weight excluding hydrogens is 391 g/mol. The van der Waals surface area contributed by atoms with Gasteiger partial charge in [-0.1, -0.05) is 24.4 Å². The average molecular weight is 425 g/mol. The van der Waals surface area contributed by atoms with Gasteiger partial charge in [0, 0.05) is 6.07 Å². The van der Waals surface area contributed by atoms with Gasteiger partial charge in [-0.25, -0.2) is 4.39 Å². The highest BCUT2D eigenvalue weighted by Crippen LogP contribution is 2.42. The smallest absolute Gasteiger partial charge is 0.157 e. The van der Waals surface area contributed by atoms with Crippen LogP contribution in [0.1, 0.15) is 64.2 Å². The third kappa shape index (κ3) is 6.08. The molecule has 2 saturated carbocycles. The fraction of sp³-hybridized carbons (Fsp3) is 0.750. The van der Waals surface area contributed by atoms with Gasteiger partial charge >= 0.3 is 0 Å². The van der Waals surface area contributed by atoms with E-state index < -0.39 is 5.82 Å². The van der Waals surface area contributed by atoms with Crippen LogP contribution in [0.3, 0.4) is 0 Å². The second kappa shape index (κ2) is 10.5. The molecule has 1 saturated heterocycles. The summed E-state index contributed by atoms with van der Waals surface area (Å²) in [6.45, 7) is 2.22. The summed E-state index contributed by atoms with van der Waals surface area (Å²) in [5.41, 5.74) is 0. The summed E-state index contributed by atoms with van der Waals surface area (Å²) >= 11 is 5.73. The lowest BCUT2D eigenvalue weighted by Crippen LogP contribution is -2.27. The lowest BCUT2D eigenvalue weighted by molar-refractivity contribution is -0.0514. The van der Waals surface area contributed by atoms with Crippen LogP contribution in [-0.4, -0.2) is 26.1 Å². The monoisotopic (exact) mass is 424 g/mol. The second-order valence-corrected chi connectivity index (χ2v) is 9.60. The summed E-state index contributed by atoms with van der Waals surface area (Å²) in [6.07, 6.45) is 13.0. The number of hydrogen-bond acceptors (Lipinski definition) is 3. The van der Waals surface area contributed by atoms with Crippen LogP contribution < -0.4 is 4.74 Å². The van der Waals surface area contributed by atoms with Crippen molar-refractivity contribution >= 4 is 11.6 Å². The standard InChI is InChI=1S/C24H34ClFO3/c25-22-11-10-21(15-23(22)26)29-16-18-3-8-20(9-4-18)19-6-1-17(2-7-19)5-12-24-27-13-14-28-24/h10-11,15,17-20,24H,1-9,12-14,16H2/t17-,18?,19-,20?. The van der Waals surface area contributed by atoms with Crippen LogP contribution in [0.25, 0.3) is 0 Å². The van der Waals surface area contributed by atoms with Crippen molar-refractivity contribution in [3.63, 3.8) is 0 Å². The van der Waals surface area contributed by atoms with Crippen LogP contribution in [0.4, 0.5) is 4.39 Å². The summed E-state index contributed by atoms with van der Waals surface area (Å²) in [7, 11) is 0. The van der Waals surface area contributed by atoms with Crippen LogP contribution in [0.5, 0.6) is 5.75 Å². The van der Waals surface area contributed by atoms with Crippen LogP contribution in [-0.2, 0) is 9.47 Å². The zero-order valence-electron chi connectivity index (χ0n) is 17.3. The van der Waals surface area contributed by atoms with Crippen LogP contribution in [0.2, 0.25) is 5.02 Å². The van der Waals surface area contributed by atoms with Gasteiger partial charge < -0.3 is 14.2 Å². The van der Waals surface area contributed by atoms with Gasteiger partial charge in [-0.3, -0.25) is 0 Å². The third-order valence-corrected chi connectivity index (χ3v) is 7.63. The second-order valence-electron chi connectivity index (χ2n) is 9.20. The molecule has 0 bridgehead atoms. The molecular formula is C24H34ClFO3. The van der Waals surface area contributed by atoms with Crippen molar-refractivity contribution in [1.29, 1.82) is 0 Å². The summed E-state index contributed by atoms with van der Waals surface area (Å²) < 4.78 is 30.5. The molecule has 3 nitrogen and oxygen atoms in total. The number of hydrogen-bond donors (Lipinski definition) is 0. The Morgan fingerprint density at radius 1 is 0.862 bits per heavy atom. The van der Waals surface area contributed by atoms with E-state index in [9.17, 15) is 4.39 Å². The highest BCUT2D eigenvalue weighted by Gasteiger charge is 2.31. The Hall–Kier alpha value is -0.840. The fourth-order valence-electron chi connectivity index (χ4n) is 5.50. The molecule has 0 N–H and O–H groups in total. The number of ether oxygens (including phenoxy) is 3. The molecule has 29 heavy (non-hydrogen) atoms. The van der Waals surface area contributed by atoms with Crippen molar-refractivity contribution in [1.82, 2.24) is 0 Å². The Bertz CT molecular complexity index is 633. The normalized spacial score (nSPS) is 31.1. The van der Waals surface area contributed by atoms with Crippen molar-refractivity contribution in [3.05, 3.63) is 29.0 Å². The molecule has 3 fully saturated rings. The van der Waals surface area contributed by atoms with E-state index in [4.69, 9.17) is 25.8 Å². The van der Waals surface area contributed by atoms with E-state index in [2.05, 4.69) is 0 Å². The van der Waals surface area contributed by atoms with Crippen LogP contribution >= 0.6 is 11.6 Å². The van der Waals surface area contributed by atoms with Crippen molar-refractivity contribution < 1.29 is 18.6 Å². The minimum absolute atomic E-state index is 0.0644. The molecule has 0 unspecified atom stereocenters. The van der Waals surface area contributed by atoms with Gasteiger partial charge in [0.2, 0.25) is 0 Å². The summed E-state index contributed by atoms with van der Waals surface area (Å²) in [6, 6.07) is 4.70. The van der Waals surface area contributed by atoms with Crippen molar-refractivity contribution in [2.75, 3.05) is 19.8 Å². The first-order valence-corrected chi connectivity index (χ1v) is 11.9. The van der Waals surface area contributed by atoms with E-state index in [0.717, 1.165) is 37.4 Å². The first-order valence-electron chi connectivity index (χ1n) is 11.5. The first-order chi connectivity index (χ1) is 14.2. The third-order valence-electron chi connectivity index (χ3n) is 7.33. The molecule has 0 atom stereocenters. The molecule has 1 aromatic rings. The molecule has 1 aliphatic heterocycles. The number of benzene rings is 1. The Kier molecular flexibility index (Phi) is 7.71. The van der Waals surface area contributed by atoms with Gasteiger partial charge in [-0.05, 0) is 87.2 Å². The van der Waals surface area contributed by atoms with E-state index >= 15 is 0 Å². The Morgan fingerprint density at radius 3 is 2.10 bits per heavy atom. The lowest BCUT2D eigenvalue weighted by Gasteiger charge is -2.38. The minimum Gasteiger partial charge on any atom is -0.493 e. The summed E-state index contributed by atoms with van der Waals surface area (Å²) in [5.74, 6) is 3.43. The van der Waals surface area contributed by atoms with Crippen molar-refractivity contribution in [2.24, 2.45) is 23.7 Å². The molecule has 4 rings (SSSR count). The largest absolute Gasteiger partial charge is 0.493 e. The van der Waals surface area contributed by atoms with Gasteiger partial charge in [0.15, 0.2) is 6.29 Å². The molecule has 1 aromatic carbocycles. The van der Waals surface area contributed by atoms with Gasteiger partial charge in [-0.15, -0.1) is 0 Å². The molecule has 5 heteroatoms. The SMILES string of the molecule is Fc1cc(OCC2CCC([C@H]3CC[C@H](CCC4OCCO4)CC3)CC2)ccc1Cl. The zero-order chi connectivity index (χ0) is 20.1. The Labute approximate surface area is 179 Å². The molecule has 0 spiro atoms. The van der Waals surface area contributed by atoms with Gasteiger partial charge in [0.25, 0.3) is 0 Å².